The molecule has 0 aromatic rings. The van der Waals surface area contributed by atoms with E-state index in [4.69, 9.17) is 23.7 Å². The van der Waals surface area contributed by atoms with Crippen molar-refractivity contribution in [3.8, 4) is 0 Å². The third-order valence-electron chi connectivity index (χ3n) is 5.95. The van der Waals surface area contributed by atoms with Gasteiger partial charge in [0.15, 0.2) is 18.0 Å². The van der Waals surface area contributed by atoms with Gasteiger partial charge in [-0.15, -0.1) is 0 Å². The third kappa shape index (κ3) is 4.21. The summed E-state index contributed by atoms with van der Waals surface area (Å²) in [7, 11) is 0. The van der Waals surface area contributed by atoms with E-state index in [1.54, 1.807) is 20.8 Å². The van der Waals surface area contributed by atoms with Gasteiger partial charge in [-0.3, -0.25) is 4.79 Å². The molecule has 1 spiro atoms. The Morgan fingerprint density at radius 1 is 1.14 bits per heavy atom. The molecule has 2 saturated heterocycles. The summed E-state index contributed by atoms with van der Waals surface area (Å²) in [5, 5.41) is 0. The molecule has 0 aromatic heterocycles. The van der Waals surface area contributed by atoms with Gasteiger partial charge >= 0.3 is 11.9 Å². The van der Waals surface area contributed by atoms with E-state index >= 15 is 0 Å². The monoisotopic (exact) mass is 398 g/mol. The largest absolute Gasteiger partial charge is 0.456 e. The molecule has 1 aliphatic carbocycles. The van der Waals surface area contributed by atoms with E-state index in [0.29, 0.717) is 12.8 Å². The Morgan fingerprint density at radius 2 is 1.79 bits per heavy atom. The second-order valence-corrected chi connectivity index (χ2v) is 9.14. The van der Waals surface area contributed by atoms with Crippen molar-refractivity contribution in [3.05, 3.63) is 0 Å². The van der Waals surface area contributed by atoms with Crippen LogP contribution in [-0.4, -0.2) is 48.4 Å². The molecule has 28 heavy (non-hydrogen) atoms. The van der Waals surface area contributed by atoms with Crippen LogP contribution < -0.4 is 0 Å². The summed E-state index contributed by atoms with van der Waals surface area (Å²) in [6, 6.07) is 0. The van der Waals surface area contributed by atoms with Crippen molar-refractivity contribution in [1.29, 1.82) is 0 Å². The quantitative estimate of drug-likeness (QED) is 0.656. The standard InChI is InChI=1S/C21H34O7/c1-6-20(7-2)27-16(17(22)28-20)15(25-18(23)19(3,4)5)14-13-24-21(26-14)11-9-8-10-12-21/h14-16H,6-13H2,1-5H3/t14-,15-,16-/m1/s1. The minimum absolute atomic E-state index is 0.264. The van der Waals surface area contributed by atoms with Crippen molar-refractivity contribution in [2.45, 2.75) is 109 Å². The number of rotatable bonds is 5. The molecule has 0 unspecified atom stereocenters. The highest BCUT2D eigenvalue weighted by molar-refractivity contribution is 5.80. The van der Waals surface area contributed by atoms with E-state index in [0.717, 1.165) is 32.1 Å². The zero-order valence-electron chi connectivity index (χ0n) is 17.7. The van der Waals surface area contributed by atoms with Gasteiger partial charge in [-0.2, -0.15) is 0 Å². The SMILES string of the molecule is CCC1(CC)OC(=O)[C@@H]([C@H](OC(=O)C(C)(C)C)[C@H]2COC3(CCCCC3)O2)O1. The zero-order chi connectivity index (χ0) is 20.6. The first kappa shape index (κ1) is 21.5. The summed E-state index contributed by atoms with van der Waals surface area (Å²) in [6.45, 7) is 9.40. The molecule has 0 N–H and O–H groups in total. The van der Waals surface area contributed by atoms with Crippen LogP contribution in [0.5, 0.6) is 0 Å². The van der Waals surface area contributed by atoms with Crippen LogP contribution in [0.2, 0.25) is 0 Å². The van der Waals surface area contributed by atoms with Crippen molar-refractivity contribution < 1.29 is 33.3 Å². The molecule has 0 radical (unpaired) electrons. The first-order chi connectivity index (χ1) is 13.1. The van der Waals surface area contributed by atoms with E-state index in [-0.39, 0.29) is 6.61 Å². The maximum atomic E-state index is 12.7. The van der Waals surface area contributed by atoms with Crippen LogP contribution >= 0.6 is 0 Å². The Balaban J connectivity index is 1.82. The Bertz CT molecular complexity index is 584. The summed E-state index contributed by atoms with van der Waals surface area (Å²) in [5.74, 6) is -2.53. The van der Waals surface area contributed by atoms with Crippen LogP contribution in [-0.2, 0) is 33.3 Å². The number of carbonyl (C=O) groups excluding carboxylic acids is 2. The fourth-order valence-electron chi connectivity index (χ4n) is 4.03. The van der Waals surface area contributed by atoms with Crippen molar-refractivity contribution in [2.75, 3.05) is 6.61 Å². The molecule has 2 heterocycles. The molecule has 7 heteroatoms. The topological polar surface area (TPSA) is 80.3 Å². The lowest BCUT2D eigenvalue weighted by Crippen LogP contribution is -2.48. The maximum Gasteiger partial charge on any atom is 0.341 e. The van der Waals surface area contributed by atoms with Gasteiger partial charge in [-0.1, -0.05) is 20.3 Å². The maximum absolute atomic E-state index is 12.7. The predicted octanol–water partition coefficient (Wildman–Crippen LogP) is 3.48. The Hall–Kier alpha value is -1.18. The highest BCUT2D eigenvalue weighted by atomic mass is 16.8. The van der Waals surface area contributed by atoms with Gasteiger partial charge < -0.3 is 23.7 Å². The summed E-state index contributed by atoms with van der Waals surface area (Å²) in [4.78, 5) is 25.3. The summed E-state index contributed by atoms with van der Waals surface area (Å²) >= 11 is 0. The molecule has 0 bridgehead atoms. The Morgan fingerprint density at radius 3 is 2.32 bits per heavy atom. The second-order valence-electron chi connectivity index (χ2n) is 9.14. The van der Waals surface area contributed by atoms with Gasteiger partial charge in [0.2, 0.25) is 5.79 Å². The van der Waals surface area contributed by atoms with E-state index in [2.05, 4.69) is 0 Å². The van der Waals surface area contributed by atoms with Gasteiger partial charge in [0.1, 0.15) is 6.10 Å². The van der Waals surface area contributed by atoms with Crippen molar-refractivity contribution in [3.63, 3.8) is 0 Å². The van der Waals surface area contributed by atoms with Crippen LogP contribution in [0.25, 0.3) is 0 Å². The molecule has 7 nitrogen and oxygen atoms in total. The van der Waals surface area contributed by atoms with E-state index < -0.39 is 47.2 Å². The lowest BCUT2D eigenvalue weighted by atomic mass is 9.94. The summed E-state index contributed by atoms with van der Waals surface area (Å²) < 4.78 is 29.7. The number of esters is 2. The molecule has 3 rings (SSSR count). The molecule has 1 saturated carbocycles. The van der Waals surface area contributed by atoms with Gasteiger partial charge in [-0.05, 0) is 33.6 Å². The van der Waals surface area contributed by atoms with Gasteiger partial charge in [0.05, 0.1) is 12.0 Å². The van der Waals surface area contributed by atoms with Crippen LogP contribution in [0.15, 0.2) is 0 Å². The summed E-state index contributed by atoms with van der Waals surface area (Å²) in [6.07, 6.45) is 3.43. The molecular weight excluding hydrogens is 364 g/mol. The Labute approximate surface area is 167 Å². The highest BCUT2D eigenvalue weighted by Crippen LogP contribution is 2.41. The molecule has 3 fully saturated rings. The summed E-state index contributed by atoms with van der Waals surface area (Å²) in [5.41, 5.74) is -0.713. The van der Waals surface area contributed by atoms with Crippen molar-refractivity contribution in [2.24, 2.45) is 5.41 Å². The van der Waals surface area contributed by atoms with E-state index in [1.807, 2.05) is 13.8 Å². The minimum atomic E-state index is -1.02. The minimum Gasteiger partial charge on any atom is -0.456 e. The van der Waals surface area contributed by atoms with Crippen LogP contribution in [0.3, 0.4) is 0 Å². The molecule has 0 aromatic carbocycles. The fourth-order valence-corrected chi connectivity index (χ4v) is 4.03. The molecule has 0 amide bonds. The number of hydrogen-bond donors (Lipinski definition) is 0. The van der Waals surface area contributed by atoms with Gasteiger partial charge in [0, 0.05) is 25.7 Å². The highest BCUT2D eigenvalue weighted by Gasteiger charge is 2.56. The van der Waals surface area contributed by atoms with Crippen LogP contribution in [0, 0.1) is 5.41 Å². The third-order valence-corrected chi connectivity index (χ3v) is 5.95. The van der Waals surface area contributed by atoms with Crippen molar-refractivity contribution >= 4 is 11.9 Å². The molecule has 160 valence electrons. The normalized spacial score (nSPS) is 30.2. The Kier molecular flexibility index (Phi) is 6.09. The lowest BCUT2D eigenvalue weighted by Gasteiger charge is -2.34. The number of carbonyl (C=O) groups is 2. The number of ether oxygens (including phenoxy) is 5. The van der Waals surface area contributed by atoms with Crippen LogP contribution in [0.1, 0.15) is 79.6 Å². The van der Waals surface area contributed by atoms with E-state index in [9.17, 15) is 9.59 Å². The molecule has 3 aliphatic rings. The second kappa shape index (κ2) is 7.92. The smallest absolute Gasteiger partial charge is 0.341 e. The molecule has 3 atom stereocenters. The average molecular weight is 398 g/mol. The van der Waals surface area contributed by atoms with Gasteiger partial charge in [-0.25, -0.2) is 4.79 Å². The molecular formula is C21H34O7. The zero-order valence-corrected chi connectivity index (χ0v) is 17.7. The van der Waals surface area contributed by atoms with Gasteiger partial charge in [0.25, 0.3) is 0 Å². The number of cyclic esters (lactones) is 1. The van der Waals surface area contributed by atoms with Crippen molar-refractivity contribution in [1.82, 2.24) is 0 Å². The van der Waals surface area contributed by atoms with Crippen LogP contribution in [0.4, 0.5) is 0 Å². The number of hydrogen-bond acceptors (Lipinski definition) is 7. The first-order valence-corrected chi connectivity index (χ1v) is 10.6. The first-order valence-electron chi connectivity index (χ1n) is 10.6. The average Bonchev–Trinajstić information content (AvgIpc) is 3.21. The molecule has 2 aliphatic heterocycles. The van der Waals surface area contributed by atoms with E-state index in [1.165, 1.54) is 0 Å². The lowest BCUT2D eigenvalue weighted by molar-refractivity contribution is -0.220. The fraction of sp³-hybridized carbons (Fsp3) is 0.905. The predicted molar refractivity (Wildman–Crippen MR) is 100 cm³/mol.